The van der Waals surface area contributed by atoms with Crippen LogP contribution >= 0.6 is 0 Å². The number of non-ortho nitro benzene ring substituents is 1. The average Bonchev–Trinajstić information content (AvgIpc) is 3.31. The van der Waals surface area contributed by atoms with Crippen LogP contribution in [0.5, 0.6) is 0 Å². The fourth-order valence-corrected chi connectivity index (χ4v) is 9.13. The van der Waals surface area contributed by atoms with Crippen LogP contribution in [0.4, 0.5) is 21.2 Å². The number of nitrogens with one attached hydrogen (secondary N) is 1. The van der Waals surface area contributed by atoms with Crippen molar-refractivity contribution in [1.82, 2.24) is 5.32 Å². The van der Waals surface area contributed by atoms with E-state index in [0.717, 1.165) is 11.3 Å². The Morgan fingerprint density at radius 3 is 2.69 bits per heavy atom. The van der Waals surface area contributed by atoms with Crippen LogP contribution in [0.1, 0.15) is 24.5 Å². The number of anilines is 2. The smallest absolute Gasteiger partial charge is 0.269 e. The van der Waals surface area contributed by atoms with Gasteiger partial charge in [-0.3, -0.25) is 19.7 Å². The number of nitro groups is 1. The molecule has 0 bridgehead atoms. The van der Waals surface area contributed by atoms with Gasteiger partial charge in [0.25, 0.3) is 11.6 Å². The highest BCUT2D eigenvalue weighted by molar-refractivity contribution is 6.72. The van der Waals surface area contributed by atoms with Crippen LogP contribution in [0.25, 0.3) is 0 Å². The maximum atomic E-state index is 15.7. The second-order valence-electron chi connectivity index (χ2n) is 11.0. The number of halogens is 1. The van der Waals surface area contributed by atoms with Crippen LogP contribution in [-0.4, -0.2) is 62.6 Å². The number of aliphatic hydroxyl groups excluding tert-OH is 1. The molecule has 4 atom stereocenters. The molecule has 0 radical (unpaired) electrons. The Balaban J connectivity index is 1.57. The number of hydrogen-bond donors (Lipinski definition) is 2. The standard InChI is InChI=1S/C27H33FN4O6Si/c1-17-25(39(2,3)28)23(9-12-33)38-27(17)21-14-20(32(36)37)7-8-22(21)31(26(27)35)16-18-5-4-6-19(13-18)30-11-10-29-15-24(30)34/h4-8,13-14,17,23,25,29,33H,9-12,15-16H2,1-3H3/t17-,23+,25-,27+/m1/s1. The van der Waals surface area contributed by atoms with Crippen molar-refractivity contribution in [2.24, 2.45) is 5.92 Å². The summed E-state index contributed by atoms with van der Waals surface area (Å²) in [6.07, 6.45) is -0.537. The van der Waals surface area contributed by atoms with E-state index in [1.54, 1.807) is 35.9 Å². The van der Waals surface area contributed by atoms with Crippen molar-refractivity contribution in [3.63, 3.8) is 0 Å². The Hall–Kier alpha value is -3.19. The molecule has 39 heavy (non-hydrogen) atoms. The molecule has 12 heteroatoms. The molecule has 0 aromatic heterocycles. The van der Waals surface area contributed by atoms with Gasteiger partial charge >= 0.3 is 0 Å². The Kier molecular flexibility index (Phi) is 7.08. The Morgan fingerprint density at radius 2 is 2.03 bits per heavy atom. The summed E-state index contributed by atoms with van der Waals surface area (Å²) in [5, 5.41) is 24.4. The third-order valence-corrected chi connectivity index (χ3v) is 10.7. The molecule has 2 aromatic rings. The zero-order valence-electron chi connectivity index (χ0n) is 22.2. The summed E-state index contributed by atoms with van der Waals surface area (Å²) in [6.45, 7) is 6.27. The quantitative estimate of drug-likeness (QED) is 0.232. The molecule has 3 heterocycles. The van der Waals surface area contributed by atoms with E-state index in [9.17, 15) is 24.8 Å². The Morgan fingerprint density at radius 1 is 1.26 bits per heavy atom. The second-order valence-corrected chi connectivity index (χ2v) is 14.8. The van der Waals surface area contributed by atoms with Crippen LogP contribution in [0.2, 0.25) is 18.6 Å². The van der Waals surface area contributed by atoms with Gasteiger partial charge in [0.15, 0.2) is 5.60 Å². The molecule has 2 N–H and O–H groups in total. The molecule has 208 valence electrons. The maximum absolute atomic E-state index is 15.7. The number of piperazine rings is 1. The van der Waals surface area contributed by atoms with Crippen LogP contribution in [-0.2, 0) is 26.5 Å². The van der Waals surface area contributed by atoms with Gasteiger partial charge in [0.2, 0.25) is 14.3 Å². The van der Waals surface area contributed by atoms with E-state index in [-0.39, 0.29) is 37.7 Å². The number of aliphatic hydroxyl groups is 1. The van der Waals surface area contributed by atoms with Crippen molar-refractivity contribution < 1.29 is 28.5 Å². The molecule has 2 amide bonds. The van der Waals surface area contributed by atoms with Gasteiger partial charge in [0.1, 0.15) is 0 Å². The van der Waals surface area contributed by atoms with Crippen molar-refractivity contribution in [2.75, 3.05) is 36.0 Å². The molecule has 3 aliphatic heterocycles. The first-order chi connectivity index (χ1) is 18.5. The topological polar surface area (TPSA) is 125 Å². The Bertz CT molecular complexity index is 1320. The highest BCUT2D eigenvalue weighted by Crippen LogP contribution is 2.60. The number of fused-ring (bicyclic) bond motifs is 2. The third kappa shape index (κ3) is 4.54. The molecule has 10 nitrogen and oxygen atoms in total. The lowest BCUT2D eigenvalue weighted by atomic mass is 9.82. The van der Waals surface area contributed by atoms with Gasteiger partial charge in [-0.15, -0.1) is 0 Å². The zero-order chi connectivity index (χ0) is 28.1. The molecule has 2 saturated heterocycles. The molecular weight excluding hydrogens is 523 g/mol. The summed E-state index contributed by atoms with van der Waals surface area (Å²) in [7, 11) is -3.38. The second kappa shape index (κ2) is 10.1. The summed E-state index contributed by atoms with van der Waals surface area (Å²) in [4.78, 5) is 41.2. The van der Waals surface area contributed by atoms with Crippen LogP contribution in [0.3, 0.4) is 0 Å². The maximum Gasteiger partial charge on any atom is 0.269 e. The number of rotatable bonds is 7. The molecule has 0 saturated carbocycles. The first-order valence-electron chi connectivity index (χ1n) is 13.2. The first kappa shape index (κ1) is 27.4. The SMILES string of the molecule is C[C@@H]1[C@@H]([Si](C)(C)F)[C@H](CCO)O[C@@]12C(=O)N(Cc1cccc(N3CCNCC3=O)c1)c1ccc([N+](=O)[O-])cc12. The molecule has 2 aromatic carbocycles. The van der Waals surface area contributed by atoms with Crippen molar-refractivity contribution in [3.05, 3.63) is 63.7 Å². The van der Waals surface area contributed by atoms with Gasteiger partial charge in [-0.05, 0) is 43.3 Å². The number of carbonyl (C=O) groups excluding carboxylic acids is 2. The number of amides is 2. The molecule has 1 spiro atoms. The van der Waals surface area contributed by atoms with Gasteiger partial charge in [-0.1, -0.05) is 19.1 Å². The van der Waals surface area contributed by atoms with Crippen molar-refractivity contribution >= 4 is 37.3 Å². The van der Waals surface area contributed by atoms with Gasteiger partial charge < -0.3 is 29.1 Å². The molecule has 0 unspecified atom stereocenters. The molecule has 3 aliphatic rings. The lowest BCUT2D eigenvalue weighted by Gasteiger charge is -2.31. The van der Waals surface area contributed by atoms with E-state index in [2.05, 4.69) is 5.32 Å². The number of ether oxygens (including phenoxy) is 1. The minimum absolute atomic E-state index is 0.0422. The lowest BCUT2D eigenvalue weighted by molar-refractivity contribution is -0.385. The fourth-order valence-electron chi connectivity index (χ4n) is 6.59. The number of carbonyl (C=O) groups is 2. The van der Waals surface area contributed by atoms with Gasteiger partial charge in [0.05, 0.1) is 29.8 Å². The Labute approximate surface area is 227 Å². The van der Waals surface area contributed by atoms with Crippen LogP contribution in [0, 0.1) is 16.0 Å². The number of hydrogen-bond acceptors (Lipinski definition) is 7. The van der Waals surface area contributed by atoms with Gasteiger partial charge in [0, 0.05) is 54.5 Å². The van der Waals surface area contributed by atoms with E-state index < -0.39 is 42.4 Å². The molecular formula is C27H33FN4O6Si. The van der Waals surface area contributed by atoms with Gasteiger partial charge in [-0.2, -0.15) is 0 Å². The van der Waals surface area contributed by atoms with Crippen LogP contribution < -0.4 is 15.1 Å². The van der Waals surface area contributed by atoms with Crippen molar-refractivity contribution in [3.8, 4) is 0 Å². The average molecular weight is 557 g/mol. The zero-order valence-corrected chi connectivity index (χ0v) is 23.2. The van der Waals surface area contributed by atoms with E-state index in [1.807, 2.05) is 24.3 Å². The van der Waals surface area contributed by atoms with E-state index in [1.165, 1.54) is 12.1 Å². The molecule has 0 aliphatic carbocycles. The summed E-state index contributed by atoms with van der Waals surface area (Å²) in [5.41, 5.74) is -0.0617. The van der Waals surface area contributed by atoms with Crippen molar-refractivity contribution in [2.45, 2.75) is 50.2 Å². The van der Waals surface area contributed by atoms with Crippen LogP contribution in [0.15, 0.2) is 42.5 Å². The summed E-state index contributed by atoms with van der Waals surface area (Å²) in [6, 6.07) is 11.7. The molecule has 5 rings (SSSR count). The molecule has 2 fully saturated rings. The summed E-state index contributed by atoms with van der Waals surface area (Å²) < 4.78 is 22.1. The highest BCUT2D eigenvalue weighted by Gasteiger charge is 2.66. The number of nitro benzene ring substituents is 1. The predicted octanol–water partition coefficient (Wildman–Crippen LogP) is 3.24. The normalized spacial score (nSPS) is 26.9. The van der Waals surface area contributed by atoms with Gasteiger partial charge in [-0.25, -0.2) is 0 Å². The van der Waals surface area contributed by atoms with E-state index in [0.29, 0.717) is 24.3 Å². The lowest BCUT2D eigenvalue weighted by Crippen LogP contribution is -2.48. The predicted molar refractivity (Wildman–Crippen MR) is 146 cm³/mol. The summed E-state index contributed by atoms with van der Waals surface area (Å²) in [5.74, 6) is -1.05. The first-order valence-corrected chi connectivity index (χ1v) is 16.1. The fraction of sp³-hybridized carbons (Fsp3) is 0.481. The minimum Gasteiger partial charge on any atom is -0.396 e. The largest absolute Gasteiger partial charge is 0.396 e. The van der Waals surface area contributed by atoms with Crippen molar-refractivity contribution in [1.29, 1.82) is 0 Å². The monoisotopic (exact) mass is 556 g/mol. The van der Waals surface area contributed by atoms with E-state index >= 15 is 4.11 Å². The minimum atomic E-state index is -3.38. The number of nitrogens with zero attached hydrogens (tertiary/aromatic N) is 3. The highest BCUT2D eigenvalue weighted by atomic mass is 28.4. The van der Waals surface area contributed by atoms with E-state index in [4.69, 9.17) is 4.74 Å². The third-order valence-electron chi connectivity index (χ3n) is 8.22. The number of benzene rings is 2. The summed E-state index contributed by atoms with van der Waals surface area (Å²) >= 11 is 0.